The Morgan fingerprint density at radius 3 is 2.32 bits per heavy atom. The number of fused-ring (bicyclic) bond motifs is 1. The molecule has 0 aliphatic carbocycles. The number of hydrogen-bond acceptors (Lipinski definition) is 22. The Balaban J connectivity index is 1.35. The van der Waals surface area contributed by atoms with Crippen LogP contribution in [0.4, 0.5) is 5.82 Å². The van der Waals surface area contributed by atoms with E-state index in [9.17, 15) is 57.9 Å². The van der Waals surface area contributed by atoms with Crippen LogP contribution < -0.4 is 35.9 Å². The van der Waals surface area contributed by atoms with Gasteiger partial charge in [0.2, 0.25) is 16.9 Å². The summed E-state index contributed by atoms with van der Waals surface area (Å²) < 4.78 is 60.7. The fourth-order valence-corrected chi connectivity index (χ4v) is 9.47. The number of carbonyl (C=O) groups excluding carboxylic acids is 3. The first-order chi connectivity index (χ1) is 30.6. The highest BCUT2D eigenvalue weighted by atomic mass is 32.2. The summed E-state index contributed by atoms with van der Waals surface area (Å²) in [4.78, 5) is 96.6. The van der Waals surface area contributed by atoms with Crippen molar-refractivity contribution >= 4 is 69.1 Å². The lowest BCUT2D eigenvalue weighted by Gasteiger charge is -2.36. The number of nitrogen functional groups attached to an aromatic ring is 1. The molecule has 1 saturated heterocycles. The summed E-state index contributed by atoms with van der Waals surface area (Å²) in [5.74, 6) is -1.23. The largest absolute Gasteiger partial charge is 0.790 e. The fraction of sp³-hybridized carbons (Fsp3) is 0.676. The molecular weight excluding hydrogens is 939 g/mol. The van der Waals surface area contributed by atoms with E-state index in [2.05, 4.69) is 62.5 Å². The van der Waals surface area contributed by atoms with Crippen molar-refractivity contribution in [2.75, 3.05) is 37.8 Å². The smallest absolute Gasteiger partial charge is 0.274 e. The predicted octanol–water partition coefficient (Wildman–Crippen LogP) is 1.17. The van der Waals surface area contributed by atoms with Gasteiger partial charge in [-0.2, -0.15) is 0 Å². The van der Waals surface area contributed by atoms with Crippen molar-refractivity contribution < 1.29 is 80.5 Å². The van der Waals surface area contributed by atoms with Crippen LogP contribution in [0.3, 0.4) is 0 Å². The summed E-state index contributed by atoms with van der Waals surface area (Å²) in [6.07, 6.45) is 11.6. The Morgan fingerprint density at radius 1 is 0.954 bits per heavy atom. The number of aliphatic hydroxyl groups excluding tert-OH is 2. The third-order valence-corrected chi connectivity index (χ3v) is 13.5. The van der Waals surface area contributed by atoms with Crippen LogP contribution in [0.2, 0.25) is 0 Å². The molecule has 1 fully saturated rings. The molecular formula is C37H58N7O17P3S-4. The Hall–Kier alpha value is -2.96. The number of phosphoric acid groups is 3. The van der Waals surface area contributed by atoms with Crippen LogP contribution >= 0.6 is 35.2 Å². The normalized spacial score (nSPS) is 20.6. The predicted molar refractivity (Wildman–Crippen MR) is 228 cm³/mol. The minimum absolute atomic E-state index is 0.0208. The molecule has 0 radical (unpaired) electrons. The SMILES string of the molecule is CCCCCCCCC/C=C\CC/C=C/C(=O)SCCNC(=O)CCNC(=O)[C@H](O)C(C)(C)COP(=O)([O-])OP(=O)([O-])OC[C@H]1O[C@@H](n2cnc3c(N)ncnc32)[C@H](O)[C@@H]1OP(=O)([O-])[O-]. The van der Waals surface area contributed by atoms with Crippen molar-refractivity contribution in [2.45, 2.75) is 122 Å². The van der Waals surface area contributed by atoms with Crippen LogP contribution in [0.15, 0.2) is 37.0 Å². The van der Waals surface area contributed by atoms with Gasteiger partial charge in [0.15, 0.2) is 17.7 Å². The molecule has 3 rings (SSSR count). The van der Waals surface area contributed by atoms with E-state index in [0.717, 1.165) is 48.2 Å². The monoisotopic (exact) mass is 997 g/mol. The Kier molecular flexibility index (Phi) is 23.5. The molecule has 2 aromatic heterocycles. The molecule has 7 atom stereocenters. The number of imidazole rings is 1. The zero-order valence-corrected chi connectivity index (χ0v) is 39.8. The van der Waals surface area contributed by atoms with Gasteiger partial charge < -0.3 is 69.0 Å². The maximum atomic E-state index is 12.6. The minimum Gasteiger partial charge on any atom is -0.790 e. The summed E-state index contributed by atoms with van der Waals surface area (Å²) in [6.45, 7) is 2.30. The second-order valence-corrected chi connectivity index (χ2v) is 20.7. The van der Waals surface area contributed by atoms with Gasteiger partial charge in [-0.1, -0.05) is 89.3 Å². The molecule has 2 unspecified atom stereocenters. The molecule has 1 aliphatic heterocycles. The average molecular weight is 998 g/mol. The first-order valence-electron chi connectivity index (χ1n) is 20.9. The second-order valence-electron chi connectivity index (χ2n) is 15.5. The maximum absolute atomic E-state index is 12.6. The molecule has 3 heterocycles. The van der Waals surface area contributed by atoms with Gasteiger partial charge in [-0.05, 0) is 31.8 Å². The average Bonchev–Trinajstić information content (AvgIpc) is 3.79. The Morgan fingerprint density at radius 2 is 1.62 bits per heavy atom. The third kappa shape index (κ3) is 20.4. The number of carbonyl (C=O) groups is 3. The lowest BCUT2D eigenvalue weighted by Crippen LogP contribution is -2.46. The van der Waals surface area contributed by atoms with Gasteiger partial charge >= 0.3 is 0 Å². The summed E-state index contributed by atoms with van der Waals surface area (Å²) in [5.41, 5.74) is 4.08. The van der Waals surface area contributed by atoms with E-state index in [1.165, 1.54) is 64.9 Å². The number of amides is 2. The molecule has 1 aliphatic rings. The highest BCUT2D eigenvalue weighted by Gasteiger charge is 2.47. The number of unbranched alkanes of at least 4 members (excludes halogenated alkanes) is 8. The van der Waals surface area contributed by atoms with Crippen LogP contribution in [0.25, 0.3) is 11.2 Å². The van der Waals surface area contributed by atoms with E-state index in [0.29, 0.717) is 5.75 Å². The van der Waals surface area contributed by atoms with Crippen LogP contribution in [0, 0.1) is 5.41 Å². The summed E-state index contributed by atoms with van der Waals surface area (Å²) in [5, 5.41) is 26.2. The van der Waals surface area contributed by atoms with Crippen LogP contribution in [-0.2, 0) is 50.7 Å². The van der Waals surface area contributed by atoms with Gasteiger partial charge in [0, 0.05) is 30.7 Å². The second kappa shape index (κ2) is 27.1. The molecule has 6 N–H and O–H groups in total. The van der Waals surface area contributed by atoms with Crippen molar-refractivity contribution in [1.29, 1.82) is 0 Å². The molecule has 2 aromatic rings. The molecule has 0 aromatic carbocycles. The first-order valence-corrected chi connectivity index (χ1v) is 26.2. The van der Waals surface area contributed by atoms with Crippen molar-refractivity contribution in [3.8, 4) is 0 Å². The van der Waals surface area contributed by atoms with E-state index in [4.69, 9.17) is 10.5 Å². The van der Waals surface area contributed by atoms with E-state index in [1.807, 2.05) is 6.08 Å². The fourth-order valence-electron chi connectivity index (χ4n) is 6.13. The van der Waals surface area contributed by atoms with Gasteiger partial charge in [0.25, 0.3) is 15.6 Å². The van der Waals surface area contributed by atoms with Crippen molar-refractivity contribution in [1.82, 2.24) is 30.2 Å². The summed E-state index contributed by atoms with van der Waals surface area (Å²) in [7, 11) is -17.6. The topological polar surface area (TPSA) is 375 Å². The molecule has 24 nitrogen and oxygen atoms in total. The molecule has 0 bridgehead atoms. The molecule has 28 heteroatoms. The number of thioether (sulfide) groups is 1. The molecule has 0 saturated carbocycles. The maximum Gasteiger partial charge on any atom is 0.274 e. The molecule has 2 amide bonds. The van der Waals surface area contributed by atoms with Gasteiger partial charge in [-0.25, -0.2) is 19.3 Å². The molecule has 65 heavy (non-hydrogen) atoms. The quantitative estimate of drug-likeness (QED) is 0.0306. The van der Waals surface area contributed by atoms with Gasteiger partial charge in [-0.15, -0.1) is 0 Å². The number of ether oxygens (including phenoxy) is 1. The number of aromatic nitrogens is 4. The third-order valence-electron chi connectivity index (χ3n) is 9.62. The highest BCUT2D eigenvalue weighted by Crippen LogP contribution is 2.56. The number of aliphatic hydroxyl groups is 2. The zero-order valence-electron chi connectivity index (χ0n) is 36.3. The highest BCUT2D eigenvalue weighted by molar-refractivity contribution is 8.14. The lowest BCUT2D eigenvalue weighted by atomic mass is 9.87. The number of nitrogens with zero attached hydrogens (tertiary/aromatic N) is 4. The molecule has 0 spiro atoms. The standard InChI is InChI=1S/C37H62N7O17P3S/c1-4-5-6-7-8-9-10-11-12-13-14-15-16-17-28(46)65-21-20-39-27(45)18-19-40-35(49)32(48)37(2,3)23-58-64(55,56)61-63(53,54)57-22-26-31(60-62(50,51)52)30(47)36(59-26)44-25-43-29-33(38)41-24-42-34(29)44/h12-13,16-17,24-26,30-32,36,47-48H,4-11,14-15,18-23H2,1-3H3,(H,39,45)(H,40,49)(H,53,54)(H,55,56)(H2,38,41,42)(H2,50,51,52)/p-4/b13-12-,17-16+/t26-,30-,31-,32+,36-/m1/s1. The van der Waals surface area contributed by atoms with E-state index >= 15 is 0 Å². The number of rotatable bonds is 31. The van der Waals surface area contributed by atoms with E-state index < -0.39 is 84.6 Å². The van der Waals surface area contributed by atoms with Crippen LogP contribution in [0.5, 0.6) is 0 Å². The van der Waals surface area contributed by atoms with Crippen molar-refractivity contribution in [2.24, 2.45) is 5.41 Å². The van der Waals surface area contributed by atoms with Gasteiger partial charge in [0.05, 0.1) is 27.4 Å². The first kappa shape index (κ1) is 56.4. The number of allylic oxidation sites excluding steroid dienone is 3. The Labute approximate surface area is 381 Å². The van der Waals surface area contributed by atoms with Crippen LogP contribution in [0.1, 0.15) is 97.6 Å². The number of hydrogen-bond donors (Lipinski definition) is 5. The number of anilines is 1. The van der Waals surface area contributed by atoms with E-state index in [1.54, 1.807) is 0 Å². The zero-order chi connectivity index (χ0) is 48.3. The van der Waals surface area contributed by atoms with Crippen molar-refractivity contribution in [3.63, 3.8) is 0 Å². The molecule has 368 valence electrons. The minimum atomic E-state index is -5.92. The van der Waals surface area contributed by atoms with Gasteiger partial charge in [0.1, 0.15) is 36.3 Å². The summed E-state index contributed by atoms with van der Waals surface area (Å²) in [6, 6.07) is 0. The Bertz CT molecular complexity index is 2050. The van der Waals surface area contributed by atoms with Gasteiger partial charge in [-0.3, -0.25) is 28.1 Å². The number of phosphoric ester groups is 3. The lowest BCUT2D eigenvalue weighted by molar-refractivity contribution is -0.347. The number of nitrogens with two attached hydrogens (primary N) is 1. The summed E-state index contributed by atoms with van der Waals surface area (Å²) >= 11 is 1.04. The van der Waals surface area contributed by atoms with Crippen LogP contribution in [-0.4, -0.2) is 103 Å². The van der Waals surface area contributed by atoms with Crippen molar-refractivity contribution in [3.05, 3.63) is 37.0 Å². The number of nitrogens with one attached hydrogen (secondary N) is 2. The van der Waals surface area contributed by atoms with E-state index in [-0.39, 0.29) is 41.6 Å².